The first-order valence-corrected chi connectivity index (χ1v) is 12.4. The van der Waals surface area contributed by atoms with Crippen molar-refractivity contribution in [3.63, 3.8) is 0 Å². The molecule has 2 unspecified atom stereocenters. The van der Waals surface area contributed by atoms with Crippen LogP contribution in [0.2, 0.25) is 0 Å². The van der Waals surface area contributed by atoms with Crippen LogP contribution >= 0.6 is 0 Å². The zero-order valence-electron chi connectivity index (χ0n) is 21.6. The van der Waals surface area contributed by atoms with Crippen LogP contribution in [-0.2, 0) is 15.0 Å². The largest absolute Gasteiger partial charge is 0.444 e. The SMILES string of the molecule is CC(O)c1c(-c2ccc(C(C)(C)NC(=O)OC(C)(C)C)cc2)ccc2nn(C3CCCCO3)cc12. The maximum absolute atomic E-state index is 12.3. The summed E-state index contributed by atoms with van der Waals surface area (Å²) in [5.74, 6) is 0. The molecule has 3 aromatic rings. The molecule has 1 saturated heterocycles. The van der Waals surface area contributed by atoms with Gasteiger partial charge in [0.25, 0.3) is 0 Å². The molecule has 1 aromatic heterocycles. The lowest BCUT2D eigenvalue weighted by Crippen LogP contribution is -2.43. The minimum Gasteiger partial charge on any atom is -0.444 e. The molecule has 1 aliphatic rings. The summed E-state index contributed by atoms with van der Waals surface area (Å²) >= 11 is 0. The number of hydrogen-bond donors (Lipinski definition) is 2. The maximum atomic E-state index is 12.3. The second-order valence-corrected chi connectivity index (χ2v) is 10.9. The van der Waals surface area contributed by atoms with E-state index in [9.17, 15) is 9.90 Å². The van der Waals surface area contributed by atoms with Gasteiger partial charge in [-0.05, 0) is 89.1 Å². The highest BCUT2D eigenvalue weighted by atomic mass is 16.6. The van der Waals surface area contributed by atoms with Gasteiger partial charge in [0.05, 0.1) is 17.2 Å². The van der Waals surface area contributed by atoms with E-state index in [0.717, 1.165) is 59.0 Å². The summed E-state index contributed by atoms with van der Waals surface area (Å²) in [7, 11) is 0. The predicted molar refractivity (Wildman–Crippen MR) is 137 cm³/mol. The first-order chi connectivity index (χ1) is 16.4. The van der Waals surface area contributed by atoms with Crippen LogP contribution < -0.4 is 5.32 Å². The summed E-state index contributed by atoms with van der Waals surface area (Å²) < 4.78 is 13.2. The van der Waals surface area contributed by atoms with Crippen LogP contribution in [0.25, 0.3) is 22.0 Å². The minimum atomic E-state index is -0.663. The van der Waals surface area contributed by atoms with Crippen molar-refractivity contribution in [1.29, 1.82) is 0 Å². The number of aromatic nitrogens is 2. The van der Waals surface area contributed by atoms with Crippen molar-refractivity contribution in [3.05, 3.63) is 53.7 Å². The molecule has 1 fully saturated rings. The molecule has 35 heavy (non-hydrogen) atoms. The van der Waals surface area contributed by atoms with Crippen LogP contribution in [0, 0.1) is 0 Å². The van der Waals surface area contributed by atoms with E-state index < -0.39 is 23.3 Å². The number of ether oxygens (including phenoxy) is 2. The van der Waals surface area contributed by atoms with E-state index >= 15 is 0 Å². The van der Waals surface area contributed by atoms with Gasteiger partial charge in [0.2, 0.25) is 0 Å². The predicted octanol–water partition coefficient (Wildman–Crippen LogP) is 6.22. The van der Waals surface area contributed by atoms with Crippen LogP contribution in [0.3, 0.4) is 0 Å². The Bertz CT molecular complexity index is 1180. The van der Waals surface area contributed by atoms with Crippen LogP contribution in [0.5, 0.6) is 0 Å². The van der Waals surface area contributed by atoms with Gasteiger partial charge >= 0.3 is 6.09 Å². The number of aliphatic hydroxyl groups is 1. The first-order valence-electron chi connectivity index (χ1n) is 12.4. The smallest absolute Gasteiger partial charge is 0.408 e. The van der Waals surface area contributed by atoms with Crippen molar-refractivity contribution in [1.82, 2.24) is 15.1 Å². The van der Waals surface area contributed by atoms with Gasteiger partial charge in [-0.25, -0.2) is 9.48 Å². The number of rotatable bonds is 5. The van der Waals surface area contributed by atoms with Gasteiger partial charge in [-0.15, -0.1) is 0 Å². The molecule has 7 nitrogen and oxygen atoms in total. The third kappa shape index (κ3) is 5.68. The highest BCUT2D eigenvalue weighted by Crippen LogP contribution is 2.36. The molecule has 2 atom stereocenters. The molecule has 7 heteroatoms. The number of hydrogen-bond acceptors (Lipinski definition) is 5. The van der Waals surface area contributed by atoms with Crippen LogP contribution in [0.1, 0.15) is 84.3 Å². The summed E-state index contributed by atoms with van der Waals surface area (Å²) in [5.41, 5.74) is 3.42. The molecule has 188 valence electrons. The lowest BCUT2D eigenvalue weighted by molar-refractivity contribution is -0.0390. The van der Waals surface area contributed by atoms with Crippen molar-refractivity contribution >= 4 is 17.0 Å². The number of nitrogens with zero attached hydrogens (tertiary/aromatic N) is 2. The van der Waals surface area contributed by atoms with E-state index in [2.05, 4.69) is 5.32 Å². The monoisotopic (exact) mass is 479 g/mol. The third-order valence-electron chi connectivity index (χ3n) is 6.35. The fourth-order valence-electron chi connectivity index (χ4n) is 4.61. The molecule has 0 spiro atoms. The van der Waals surface area contributed by atoms with Gasteiger partial charge in [0.15, 0.2) is 0 Å². The Morgan fingerprint density at radius 1 is 1.14 bits per heavy atom. The Balaban J connectivity index is 1.63. The molecule has 4 rings (SSSR count). The van der Waals surface area contributed by atoms with Gasteiger partial charge in [-0.3, -0.25) is 0 Å². The van der Waals surface area contributed by atoms with E-state index in [4.69, 9.17) is 14.6 Å². The number of fused-ring (bicyclic) bond motifs is 1. The number of alkyl carbamates (subject to hydrolysis) is 1. The summed E-state index contributed by atoms with van der Waals surface area (Å²) in [4.78, 5) is 12.3. The van der Waals surface area contributed by atoms with E-state index in [1.165, 1.54) is 0 Å². The van der Waals surface area contributed by atoms with Crippen molar-refractivity contribution in [2.45, 2.75) is 84.3 Å². The summed E-state index contributed by atoms with van der Waals surface area (Å²) in [5, 5.41) is 19.4. The lowest BCUT2D eigenvalue weighted by atomic mass is 9.90. The number of carbonyl (C=O) groups excluding carboxylic acids is 1. The number of nitrogens with one attached hydrogen (secondary N) is 1. The molecular weight excluding hydrogens is 442 g/mol. The van der Waals surface area contributed by atoms with Crippen LogP contribution in [0.15, 0.2) is 42.6 Å². The van der Waals surface area contributed by atoms with E-state index in [0.29, 0.717) is 0 Å². The molecule has 2 aromatic carbocycles. The van der Waals surface area contributed by atoms with E-state index in [1.54, 1.807) is 6.92 Å². The van der Waals surface area contributed by atoms with Crippen molar-refractivity contribution in [3.8, 4) is 11.1 Å². The second-order valence-electron chi connectivity index (χ2n) is 10.9. The van der Waals surface area contributed by atoms with Crippen molar-refractivity contribution in [2.24, 2.45) is 0 Å². The number of benzene rings is 2. The average Bonchev–Trinajstić information content (AvgIpc) is 3.21. The average molecular weight is 480 g/mol. The van der Waals surface area contributed by atoms with E-state index in [1.807, 2.05) is 81.9 Å². The van der Waals surface area contributed by atoms with Crippen molar-refractivity contribution in [2.75, 3.05) is 6.61 Å². The summed E-state index contributed by atoms with van der Waals surface area (Å²) in [6.07, 6.45) is 3.98. The molecule has 0 saturated carbocycles. The molecule has 0 aliphatic carbocycles. The highest BCUT2D eigenvalue weighted by Gasteiger charge is 2.27. The number of carbonyl (C=O) groups is 1. The van der Waals surface area contributed by atoms with Crippen LogP contribution in [0.4, 0.5) is 4.79 Å². The lowest BCUT2D eigenvalue weighted by Gasteiger charge is -2.29. The fraction of sp³-hybridized carbons (Fsp3) is 0.500. The Labute approximate surface area is 207 Å². The standard InChI is InChI=1S/C28H37N3O4/c1-18(32)25-21(14-15-23-22(25)17-31(30-23)24-9-7-8-16-34-24)19-10-12-20(13-11-19)28(5,6)29-26(33)35-27(2,3)4/h10-15,17-18,24,32H,7-9,16H2,1-6H3,(H,29,33). The quantitative estimate of drug-likeness (QED) is 0.454. The number of amides is 1. The minimum absolute atomic E-state index is 0.0552. The molecule has 1 aliphatic heterocycles. The van der Waals surface area contributed by atoms with Gasteiger partial charge < -0.3 is 19.9 Å². The summed E-state index contributed by atoms with van der Waals surface area (Å²) in [6.45, 7) is 12.0. The molecule has 1 amide bonds. The fourth-order valence-corrected chi connectivity index (χ4v) is 4.61. The Morgan fingerprint density at radius 3 is 2.46 bits per heavy atom. The zero-order chi connectivity index (χ0) is 25.4. The first kappa shape index (κ1) is 25.2. The van der Waals surface area contributed by atoms with Gasteiger partial charge in [-0.2, -0.15) is 5.10 Å². The Kier molecular flexibility index (Phi) is 6.93. The van der Waals surface area contributed by atoms with Gasteiger partial charge in [0.1, 0.15) is 11.8 Å². The molecule has 0 bridgehead atoms. The van der Waals surface area contributed by atoms with E-state index in [-0.39, 0.29) is 6.23 Å². The topological polar surface area (TPSA) is 85.6 Å². The zero-order valence-corrected chi connectivity index (χ0v) is 21.6. The molecule has 2 N–H and O–H groups in total. The van der Waals surface area contributed by atoms with Crippen LogP contribution in [-0.4, -0.2) is 33.2 Å². The second kappa shape index (κ2) is 9.63. The molecule has 0 radical (unpaired) electrons. The van der Waals surface area contributed by atoms with Gasteiger partial charge in [-0.1, -0.05) is 30.3 Å². The Hall–Kier alpha value is -2.90. The molecule has 2 heterocycles. The highest BCUT2D eigenvalue weighted by molar-refractivity contribution is 5.89. The Morgan fingerprint density at radius 2 is 1.86 bits per heavy atom. The normalized spacial score (nSPS) is 17.9. The van der Waals surface area contributed by atoms with Gasteiger partial charge in [0, 0.05) is 18.2 Å². The third-order valence-corrected chi connectivity index (χ3v) is 6.35. The molecular formula is C28H37N3O4. The summed E-state index contributed by atoms with van der Waals surface area (Å²) in [6, 6.07) is 12.1. The number of aliphatic hydroxyl groups excluding tert-OH is 1. The maximum Gasteiger partial charge on any atom is 0.408 e. The van der Waals surface area contributed by atoms with Crippen molar-refractivity contribution < 1.29 is 19.4 Å².